The fourth-order valence-corrected chi connectivity index (χ4v) is 2.24. The quantitative estimate of drug-likeness (QED) is 0.324. The highest BCUT2D eigenvalue weighted by Crippen LogP contribution is 2.14. The van der Waals surface area contributed by atoms with Crippen LogP contribution in [0.3, 0.4) is 0 Å². The lowest BCUT2D eigenvalue weighted by Crippen LogP contribution is -2.22. The third kappa shape index (κ3) is 2.86. The van der Waals surface area contributed by atoms with Crippen molar-refractivity contribution in [1.29, 1.82) is 0 Å². The molecule has 0 aliphatic carbocycles. The zero-order valence-electron chi connectivity index (χ0n) is 7.36. The molecule has 0 radical (unpaired) electrons. The molecule has 10 heavy (non-hydrogen) atoms. The van der Waals surface area contributed by atoms with Crippen LogP contribution in [0.25, 0.3) is 0 Å². The first kappa shape index (κ1) is 9.48. The van der Waals surface area contributed by atoms with Crippen LogP contribution in [0.4, 0.5) is 0 Å². The van der Waals surface area contributed by atoms with Crippen LogP contribution in [0, 0.1) is 0 Å². The van der Waals surface area contributed by atoms with E-state index >= 15 is 0 Å². The summed E-state index contributed by atoms with van der Waals surface area (Å²) in [5, 5.41) is 1.42. The van der Waals surface area contributed by atoms with Crippen molar-refractivity contribution in [3.8, 4) is 0 Å². The second-order valence-electron chi connectivity index (χ2n) is 3.34. The van der Waals surface area contributed by atoms with Gasteiger partial charge in [0.05, 0.1) is 8.07 Å². The third-order valence-electron chi connectivity index (χ3n) is 1.43. The van der Waals surface area contributed by atoms with Gasteiger partial charge in [0.15, 0.2) is 0 Å². The Kier molecular flexibility index (Phi) is 3.41. The predicted octanol–water partition coefficient (Wildman–Crippen LogP) is 3.15. The Hall–Kier alpha value is -0.523. The van der Waals surface area contributed by atoms with Crippen LogP contribution in [-0.2, 0) is 0 Å². The van der Waals surface area contributed by atoms with E-state index in [9.17, 15) is 0 Å². The summed E-state index contributed by atoms with van der Waals surface area (Å²) < 4.78 is 0. The molecule has 0 unspecified atom stereocenters. The zero-order valence-corrected chi connectivity index (χ0v) is 8.36. The van der Waals surface area contributed by atoms with E-state index in [0.29, 0.717) is 0 Å². The molecular formula is C9H16Si. The SMILES string of the molecule is C=C=C/C(=C/C)[Si](C)(C)C. The summed E-state index contributed by atoms with van der Waals surface area (Å²) in [6.45, 7) is 12.6. The molecule has 0 aliphatic rings. The van der Waals surface area contributed by atoms with E-state index in [0.717, 1.165) is 0 Å². The molecule has 0 bridgehead atoms. The first-order valence-corrected chi connectivity index (χ1v) is 7.05. The van der Waals surface area contributed by atoms with Gasteiger partial charge in [-0.3, -0.25) is 0 Å². The monoisotopic (exact) mass is 152 g/mol. The van der Waals surface area contributed by atoms with Crippen molar-refractivity contribution in [1.82, 2.24) is 0 Å². The Morgan fingerprint density at radius 2 is 1.90 bits per heavy atom. The number of rotatable bonds is 2. The summed E-state index contributed by atoms with van der Waals surface area (Å²) in [7, 11) is -1.10. The van der Waals surface area contributed by atoms with Crippen molar-refractivity contribution in [3.63, 3.8) is 0 Å². The molecule has 1 heteroatoms. The molecule has 56 valence electrons. The molecule has 0 N–H and O–H groups in total. The van der Waals surface area contributed by atoms with Crippen LogP contribution in [0.2, 0.25) is 19.6 Å². The van der Waals surface area contributed by atoms with Gasteiger partial charge in [-0.1, -0.05) is 37.5 Å². The Balaban J connectivity index is 4.55. The lowest BCUT2D eigenvalue weighted by Gasteiger charge is -2.16. The molecule has 0 nitrogen and oxygen atoms in total. The summed E-state index contributed by atoms with van der Waals surface area (Å²) in [6.07, 6.45) is 4.15. The van der Waals surface area contributed by atoms with Gasteiger partial charge in [-0.15, -0.1) is 5.73 Å². The van der Waals surface area contributed by atoms with Gasteiger partial charge in [-0.25, -0.2) is 0 Å². The van der Waals surface area contributed by atoms with E-state index in [2.05, 4.69) is 45.0 Å². The van der Waals surface area contributed by atoms with Crippen LogP contribution in [-0.4, -0.2) is 8.07 Å². The summed E-state index contributed by atoms with van der Waals surface area (Å²) >= 11 is 0. The van der Waals surface area contributed by atoms with E-state index in [4.69, 9.17) is 0 Å². The Morgan fingerprint density at radius 1 is 1.40 bits per heavy atom. The molecule has 0 rings (SSSR count). The molecule has 0 saturated carbocycles. The van der Waals surface area contributed by atoms with Gasteiger partial charge in [0.25, 0.3) is 0 Å². The van der Waals surface area contributed by atoms with Crippen molar-refractivity contribution in [3.05, 3.63) is 29.7 Å². The van der Waals surface area contributed by atoms with E-state index in [1.54, 1.807) is 0 Å². The van der Waals surface area contributed by atoms with Gasteiger partial charge in [0, 0.05) is 0 Å². The van der Waals surface area contributed by atoms with Crippen LogP contribution in [0.5, 0.6) is 0 Å². The molecule has 0 heterocycles. The average molecular weight is 152 g/mol. The van der Waals surface area contributed by atoms with Crippen molar-refractivity contribution in [2.45, 2.75) is 26.6 Å². The van der Waals surface area contributed by atoms with Gasteiger partial charge >= 0.3 is 0 Å². The minimum Gasteiger partial charge on any atom is -0.129 e. The molecule has 0 atom stereocenters. The van der Waals surface area contributed by atoms with E-state index in [-0.39, 0.29) is 0 Å². The van der Waals surface area contributed by atoms with Gasteiger partial charge in [0.1, 0.15) is 0 Å². The molecule has 0 aromatic rings. The van der Waals surface area contributed by atoms with E-state index < -0.39 is 8.07 Å². The standard InChI is InChI=1S/C9H16Si/c1-6-8-9(7-2)10(3,4)5/h7-8H,1H2,2-5H3/b9-7-. The normalized spacial score (nSPS) is 12.6. The lowest BCUT2D eigenvalue weighted by molar-refractivity contribution is 1.59. The molecular weight excluding hydrogens is 136 g/mol. The van der Waals surface area contributed by atoms with Crippen LogP contribution in [0.15, 0.2) is 29.7 Å². The van der Waals surface area contributed by atoms with Gasteiger partial charge in [-0.05, 0) is 13.0 Å². The van der Waals surface area contributed by atoms with Gasteiger partial charge in [0.2, 0.25) is 0 Å². The summed E-state index contributed by atoms with van der Waals surface area (Å²) in [5.74, 6) is 0. The first-order chi connectivity index (χ1) is 4.52. The zero-order chi connectivity index (χ0) is 8.20. The van der Waals surface area contributed by atoms with Crippen LogP contribution in [0.1, 0.15) is 6.92 Å². The fourth-order valence-electron chi connectivity index (χ4n) is 0.843. The highest BCUT2D eigenvalue weighted by Gasteiger charge is 2.15. The topological polar surface area (TPSA) is 0 Å². The summed E-state index contributed by atoms with van der Waals surface area (Å²) in [4.78, 5) is 0. The van der Waals surface area contributed by atoms with E-state index in [1.165, 1.54) is 5.20 Å². The molecule has 0 saturated heterocycles. The Bertz CT molecular complexity index is 175. The van der Waals surface area contributed by atoms with Gasteiger partial charge < -0.3 is 0 Å². The summed E-state index contributed by atoms with van der Waals surface area (Å²) in [5.41, 5.74) is 2.82. The van der Waals surface area contributed by atoms with Gasteiger partial charge in [-0.2, -0.15) is 0 Å². The maximum Gasteiger partial charge on any atom is 0.0779 e. The van der Waals surface area contributed by atoms with Crippen LogP contribution < -0.4 is 0 Å². The van der Waals surface area contributed by atoms with Crippen molar-refractivity contribution in [2.75, 3.05) is 0 Å². The van der Waals surface area contributed by atoms with Crippen LogP contribution >= 0.6 is 0 Å². The fraction of sp³-hybridized carbons (Fsp3) is 0.444. The number of hydrogen-bond donors (Lipinski definition) is 0. The largest absolute Gasteiger partial charge is 0.129 e. The smallest absolute Gasteiger partial charge is 0.0779 e. The highest BCUT2D eigenvalue weighted by atomic mass is 28.3. The Labute approximate surface area is 65.0 Å². The third-order valence-corrected chi connectivity index (χ3v) is 3.60. The molecule has 0 aromatic carbocycles. The highest BCUT2D eigenvalue weighted by molar-refractivity contribution is 6.83. The maximum atomic E-state index is 3.56. The second kappa shape index (κ2) is 3.60. The second-order valence-corrected chi connectivity index (χ2v) is 8.42. The lowest BCUT2D eigenvalue weighted by atomic mass is 10.5. The molecule has 0 spiro atoms. The minimum absolute atomic E-state index is 1.10. The van der Waals surface area contributed by atoms with Crippen molar-refractivity contribution < 1.29 is 0 Å². The molecule has 0 aromatic heterocycles. The molecule has 0 fully saturated rings. The first-order valence-electron chi connectivity index (χ1n) is 3.55. The number of allylic oxidation sites excluding steroid dienone is 3. The Morgan fingerprint density at radius 3 is 2.00 bits per heavy atom. The summed E-state index contributed by atoms with van der Waals surface area (Å²) in [6, 6.07) is 0. The number of hydrogen-bond acceptors (Lipinski definition) is 0. The maximum absolute atomic E-state index is 3.56. The molecule has 0 amide bonds. The van der Waals surface area contributed by atoms with Crippen molar-refractivity contribution in [2.24, 2.45) is 0 Å². The predicted molar refractivity (Wildman–Crippen MR) is 50.8 cm³/mol. The van der Waals surface area contributed by atoms with Crippen molar-refractivity contribution >= 4 is 8.07 Å². The molecule has 0 aliphatic heterocycles. The van der Waals surface area contributed by atoms with E-state index in [1.807, 2.05) is 6.08 Å². The minimum atomic E-state index is -1.10. The average Bonchev–Trinajstić information content (AvgIpc) is 1.80.